The number of nitro benzene ring substituents is 1. The number of ether oxygens (including phenoxy) is 2. The summed E-state index contributed by atoms with van der Waals surface area (Å²) in [7, 11) is 0. The van der Waals surface area contributed by atoms with Gasteiger partial charge in [-0.1, -0.05) is 0 Å². The second-order valence-electron chi connectivity index (χ2n) is 4.10. The third kappa shape index (κ3) is 2.97. The number of rotatable bonds is 6. The summed E-state index contributed by atoms with van der Waals surface area (Å²) in [6, 6.07) is 3.63. The van der Waals surface area contributed by atoms with E-state index in [4.69, 9.17) is 19.0 Å². The first-order valence-electron chi connectivity index (χ1n) is 6.16. The Hall–Kier alpha value is -3.10. The Balaban J connectivity index is 2.57. The van der Waals surface area contributed by atoms with Crippen LogP contribution >= 0.6 is 0 Å². The molecule has 0 aliphatic heterocycles. The first-order valence-corrected chi connectivity index (χ1v) is 6.16. The molecule has 0 spiro atoms. The second-order valence-corrected chi connectivity index (χ2v) is 4.10. The maximum Gasteiger partial charge on any atom is 0.378 e. The second kappa shape index (κ2) is 6.12. The molecule has 0 amide bonds. The van der Waals surface area contributed by atoms with Crippen molar-refractivity contribution in [2.45, 2.75) is 6.92 Å². The predicted molar refractivity (Wildman–Crippen MR) is 72.0 cm³/mol. The zero-order chi connectivity index (χ0) is 16.3. The van der Waals surface area contributed by atoms with E-state index in [2.05, 4.69) is 0 Å². The fourth-order valence-corrected chi connectivity index (χ4v) is 1.78. The molecule has 0 fully saturated rings. The SMILES string of the molecule is CCOC(=O)c1oc2ccc([N+](=O)[O-])cc2c1OCC(=O)O. The van der Waals surface area contributed by atoms with Crippen LogP contribution in [-0.4, -0.2) is 35.2 Å². The molecule has 1 aromatic heterocycles. The van der Waals surface area contributed by atoms with Crippen LogP contribution in [0.15, 0.2) is 22.6 Å². The molecular formula is C13H11NO8. The minimum absolute atomic E-state index is 0.0778. The number of nitro groups is 1. The minimum Gasteiger partial charge on any atom is -0.479 e. The van der Waals surface area contributed by atoms with Crippen LogP contribution in [0, 0.1) is 10.1 Å². The molecule has 0 aliphatic carbocycles. The Morgan fingerprint density at radius 2 is 2.14 bits per heavy atom. The van der Waals surface area contributed by atoms with Gasteiger partial charge in [0.1, 0.15) is 5.58 Å². The third-order valence-corrected chi connectivity index (χ3v) is 2.64. The lowest BCUT2D eigenvalue weighted by atomic mass is 10.2. The number of carboxylic acids is 1. The molecule has 0 unspecified atom stereocenters. The first kappa shape index (κ1) is 15.3. The number of nitrogens with zero attached hydrogens (tertiary/aromatic N) is 1. The number of aliphatic carboxylic acids is 1. The quantitative estimate of drug-likeness (QED) is 0.487. The lowest BCUT2D eigenvalue weighted by Gasteiger charge is -2.03. The van der Waals surface area contributed by atoms with E-state index < -0.39 is 23.5 Å². The molecule has 0 bridgehead atoms. The number of carbonyl (C=O) groups is 2. The number of hydrogen-bond donors (Lipinski definition) is 1. The number of benzene rings is 1. The summed E-state index contributed by atoms with van der Waals surface area (Å²) in [6.07, 6.45) is 0. The van der Waals surface area contributed by atoms with E-state index in [0.29, 0.717) is 0 Å². The molecule has 22 heavy (non-hydrogen) atoms. The highest BCUT2D eigenvalue weighted by Crippen LogP contribution is 2.35. The number of fused-ring (bicyclic) bond motifs is 1. The topological polar surface area (TPSA) is 129 Å². The van der Waals surface area contributed by atoms with E-state index in [0.717, 1.165) is 6.07 Å². The highest BCUT2D eigenvalue weighted by molar-refractivity contribution is 5.99. The van der Waals surface area contributed by atoms with Crippen molar-refractivity contribution < 1.29 is 33.5 Å². The molecule has 2 aromatic rings. The van der Waals surface area contributed by atoms with Gasteiger partial charge in [0.2, 0.25) is 0 Å². The summed E-state index contributed by atoms with van der Waals surface area (Å²) in [4.78, 5) is 32.6. The van der Waals surface area contributed by atoms with E-state index in [-0.39, 0.29) is 34.8 Å². The van der Waals surface area contributed by atoms with Crippen molar-refractivity contribution in [1.82, 2.24) is 0 Å². The van der Waals surface area contributed by atoms with Crippen molar-refractivity contribution in [1.29, 1.82) is 0 Å². The summed E-state index contributed by atoms with van der Waals surface area (Å²) >= 11 is 0. The summed E-state index contributed by atoms with van der Waals surface area (Å²) in [5.41, 5.74) is -0.0991. The van der Waals surface area contributed by atoms with Crippen molar-refractivity contribution in [2.24, 2.45) is 0 Å². The Labute approximate surface area is 123 Å². The Morgan fingerprint density at radius 1 is 1.41 bits per heavy atom. The van der Waals surface area contributed by atoms with Crippen LogP contribution in [0.3, 0.4) is 0 Å². The van der Waals surface area contributed by atoms with Gasteiger partial charge in [0.25, 0.3) is 11.4 Å². The van der Waals surface area contributed by atoms with Crippen LogP contribution in [0.5, 0.6) is 5.75 Å². The van der Waals surface area contributed by atoms with Gasteiger partial charge in [-0.05, 0) is 13.0 Å². The Bertz CT molecular complexity index is 748. The van der Waals surface area contributed by atoms with Crippen molar-refractivity contribution in [3.05, 3.63) is 34.1 Å². The zero-order valence-electron chi connectivity index (χ0n) is 11.4. The van der Waals surface area contributed by atoms with Crippen LogP contribution in [0.25, 0.3) is 11.0 Å². The average Bonchev–Trinajstić information content (AvgIpc) is 2.83. The molecule has 1 N–H and O–H groups in total. The molecule has 0 atom stereocenters. The molecule has 9 heteroatoms. The van der Waals surface area contributed by atoms with Gasteiger partial charge in [-0.25, -0.2) is 9.59 Å². The van der Waals surface area contributed by atoms with Crippen LogP contribution in [0.1, 0.15) is 17.5 Å². The molecule has 0 saturated carbocycles. The number of non-ortho nitro benzene ring substituents is 1. The summed E-state index contributed by atoms with van der Waals surface area (Å²) in [6.45, 7) is 0.932. The largest absolute Gasteiger partial charge is 0.479 e. The molecular weight excluding hydrogens is 298 g/mol. The normalized spacial score (nSPS) is 10.4. The van der Waals surface area contributed by atoms with Crippen LogP contribution in [0.2, 0.25) is 0 Å². The van der Waals surface area contributed by atoms with Gasteiger partial charge in [0.05, 0.1) is 16.9 Å². The summed E-state index contributed by atoms with van der Waals surface area (Å²) in [5.74, 6) is -2.64. The Morgan fingerprint density at radius 3 is 2.73 bits per heavy atom. The van der Waals surface area contributed by atoms with E-state index in [1.54, 1.807) is 6.92 Å². The van der Waals surface area contributed by atoms with E-state index in [1.807, 2.05) is 0 Å². The summed E-state index contributed by atoms with van der Waals surface area (Å²) < 4.78 is 15.1. The first-order chi connectivity index (χ1) is 10.4. The van der Waals surface area contributed by atoms with Crippen molar-refractivity contribution in [2.75, 3.05) is 13.2 Å². The van der Waals surface area contributed by atoms with Gasteiger partial charge in [-0.15, -0.1) is 0 Å². The maximum absolute atomic E-state index is 11.8. The minimum atomic E-state index is -1.27. The van der Waals surface area contributed by atoms with Crippen LogP contribution in [-0.2, 0) is 9.53 Å². The molecule has 9 nitrogen and oxygen atoms in total. The highest BCUT2D eigenvalue weighted by atomic mass is 16.6. The molecule has 2 rings (SSSR count). The number of carbonyl (C=O) groups excluding carboxylic acids is 1. The van der Waals surface area contributed by atoms with Gasteiger partial charge < -0.3 is 19.0 Å². The van der Waals surface area contributed by atoms with E-state index in [9.17, 15) is 19.7 Å². The van der Waals surface area contributed by atoms with Gasteiger partial charge in [-0.2, -0.15) is 0 Å². The molecule has 0 radical (unpaired) electrons. The lowest BCUT2D eigenvalue weighted by Crippen LogP contribution is -2.12. The smallest absolute Gasteiger partial charge is 0.378 e. The van der Waals surface area contributed by atoms with Crippen molar-refractivity contribution in [3.8, 4) is 5.75 Å². The van der Waals surface area contributed by atoms with Crippen LogP contribution < -0.4 is 4.74 Å². The third-order valence-electron chi connectivity index (χ3n) is 2.64. The molecule has 1 heterocycles. The number of furan rings is 1. The van der Waals surface area contributed by atoms with E-state index >= 15 is 0 Å². The van der Waals surface area contributed by atoms with Crippen molar-refractivity contribution in [3.63, 3.8) is 0 Å². The predicted octanol–water partition coefficient (Wildman–Crippen LogP) is 1.98. The zero-order valence-corrected chi connectivity index (χ0v) is 11.4. The lowest BCUT2D eigenvalue weighted by molar-refractivity contribution is -0.384. The van der Waals surface area contributed by atoms with Gasteiger partial charge in [0, 0.05) is 12.1 Å². The maximum atomic E-state index is 11.8. The number of hydrogen-bond acceptors (Lipinski definition) is 7. The van der Waals surface area contributed by atoms with Gasteiger partial charge in [0.15, 0.2) is 12.4 Å². The fraction of sp³-hybridized carbons (Fsp3) is 0.231. The highest BCUT2D eigenvalue weighted by Gasteiger charge is 2.25. The fourth-order valence-electron chi connectivity index (χ4n) is 1.78. The standard InChI is InChI=1S/C13H11NO8/c1-2-20-13(17)12-11(21-6-10(15)16)8-5-7(14(18)19)3-4-9(8)22-12/h3-5H,2,6H2,1H3,(H,15,16). The van der Waals surface area contributed by atoms with Gasteiger partial charge in [-0.3, -0.25) is 10.1 Å². The van der Waals surface area contributed by atoms with Gasteiger partial charge >= 0.3 is 11.9 Å². The summed E-state index contributed by atoms with van der Waals surface area (Å²) in [5, 5.41) is 19.6. The number of esters is 1. The molecule has 0 aliphatic rings. The monoisotopic (exact) mass is 309 g/mol. The van der Waals surface area contributed by atoms with Crippen LogP contribution in [0.4, 0.5) is 5.69 Å². The molecule has 116 valence electrons. The number of carboxylic acid groups (broad SMARTS) is 1. The Kier molecular flexibility index (Phi) is 4.25. The molecule has 1 aromatic carbocycles. The van der Waals surface area contributed by atoms with Crippen molar-refractivity contribution >= 4 is 28.6 Å². The average molecular weight is 309 g/mol. The molecule has 0 saturated heterocycles. The van der Waals surface area contributed by atoms with E-state index in [1.165, 1.54) is 12.1 Å².